The first-order chi connectivity index (χ1) is 13.2. The number of hydrogen-bond acceptors (Lipinski definition) is 4. The van der Waals surface area contributed by atoms with Crippen LogP contribution in [0.1, 0.15) is 43.6 Å². The topological polar surface area (TPSA) is 49.6 Å². The van der Waals surface area contributed by atoms with E-state index in [9.17, 15) is 4.79 Å². The van der Waals surface area contributed by atoms with Crippen molar-refractivity contribution in [2.75, 3.05) is 26.2 Å². The van der Waals surface area contributed by atoms with E-state index in [-0.39, 0.29) is 5.91 Å². The Hall–Kier alpha value is -2.14. The summed E-state index contributed by atoms with van der Waals surface area (Å²) in [5, 5.41) is 0. The summed E-state index contributed by atoms with van der Waals surface area (Å²) in [5.74, 6) is 1.63. The zero-order valence-corrected chi connectivity index (χ0v) is 16.2. The summed E-state index contributed by atoms with van der Waals surface area (Å²) in [6, 6.07) is 8.96. The number of carbonyl (C=O) groups excluding carboxylic acids is 1. The number of aromatic nitrogens is 1. The number of hydrogen-bond donors (Lipinski definition) is 0. The van der Waals surface area contributed by atoms with Crippen LogP contribution in [0.25, 0.3) is 11.3 Å². The van der Waals surface area contributed by atoms with Gasteiger partial charge in [-0.05, 0) is 19.8 Å². The number of piperazine rings is 1. The van der Waals surface area contributed by atoms with Gasteiger partial charge >= 0.3 is 0 Å². The summed E-state index contributed by atoms with van der Waals surface area (Å²) >= 11 is 0. The molecule has 1 aliphatic carbocycles. The zero-order chi connectivity index (χ0) is 18.6. The van der Waals surface area contributed by atoms with Gasteiger partial charge in [-0.2, -0.15) is 0 Å². The fourth-order valence-electron chi connectivity index (χ4n) is 4.25. The third-order valence-electron chi connectivity index (χ3n) is 5.95. The summed E-state index contributed by atoms with van der Waals surface area (Å²) in [6.45, 7) is 5.82. The van der Waals surface area contributed by atoms with E-state index in [0.29, 0.717) is 18.7 Å². The molecular weight excluding hydrogens is 338 g/mol. The number of aryl methyl sites for hydroxylation is 2. The Morgan fingerprint density at radius 1 is 1.11 bits per heavy atom. The van der Waals surface area contributed by atoms with Gasteiger partial charge in [0.05, 0.1) is 6.20 Å². The standard InChI is InChI=1S/C22H29N3O2/c1-17-6-8-18(9-7-17)20-16-23-21(27-20)10-11-22(26)25-14-12-24(13-15-25)19-4-2-3-5-19/h6-9,16,19H,2-5,10-15H2,1H3. The largest absolute Gasteiger partial charge is 0.441 e. The van der Waals surface area contributed by atoms with Crippen molar-refractivity contribution in [2.24, 2.45) is 0 Å². The highest BCUT2D eigenvalue weighted by molar-refractivity contribution is 5.76. The summed E-state index contributed by atoms with van der Waals surface area (Å²) < 4.78 is 5.84. The molecule has 5 heteroatoms. The first-order valence-corrected chi connectivity index (χ1v) is 10.2. The Labute approximate surface area is 161 Å². The molecule has 0 N–H and O–H groups in total. The van der Waals surface area contributed by atoms with Gasteiger partial charge in [0.15, 0.2) is 11.7 Å². The average molecular weight is 367 g/mol. The van der Waals surface area contributed by atoms with Crippen LogP contribution in [0.15, 0.2) is 34.9 Å². The Balaban J connectivity index is 1.25. The van der Waals surface area contributed by atoms with E-state index in [1.54, 1.807) is 6.20 Å². The van der Waals surface area contributed by atoms with E-state index in [0.717, 1.165) is 43.5 Å². The highest BCUT2D eigenvalue weighted by Crippen LogP contribution is 2.25. The van der Waals surface area contributed by atoms with Gasteiger partial charge < -0.3 is 9.32 Å². The van der Waals surface area contributed by atoms with Gasteiger partial charge in [0.1, 0.15) is 0 Å². The van der Waals surface area contributed by atoms with Crippen molar-refractivity contribution in [1.29, 1.82) is 0 Å². The summed E-state index contributed by atoms with van der Waals surface area (Å²) in [4.78, 5) is 21.5. The molecule has 1 aromatic heterocycles. The van der Waals surface area contributed by atoms with Crippen molar-refractivity contribution in [2.45, 2.75) is 51.5 Å². The molecule has 4 rings (SSSR count). The Morgan fingerprint density at radius 2 is 1.81 bits per heavy atom. The summed E-state index contributed by atoms with van der Waals surface area (Å²) in [7, 11) is 0. The van der Waals surface area contributed by atoms with E-state index in [4.69, 9.17) is 4.42 Å². The fraction of sp³-hybridized carbons (Fsp3) is 0.545. The van der Waals surface area contributed by atoms with Crippen LogP contribution in [-0.2, 0) is 11.2 Å². The maximum Gasteiger partial charge on any atom is 0.223 e. The van der Waals surface area contributed by atoms with Gasteiger partial charge in [-0.3, -0.25) is 9.69 Å². The van der Waals surface area contributed by atoms with Crippen molar-refractivity contribution in [3.05, 3.63) is 41.9 Å². The first-order valence-electron chi connectivity index (χ1n) is 10.2. The predicted octanol–water partition coefficient (Wildman–Crippen LogP) is 3.67. The van der Waals surface area contributed by atoms with E-state index < -0.39 is 0 Å². The van der Waals surface area contributed by atoms with E-state index in [1.165, 1.54) is 31.2 Å². The van der Waals surface area contributed by atoms with Gasteiger partial charge in [-0.1, -0.05) is 42.7 Å². The van der Waals surface area contributed by atoms with E-state index >= 15 is 0 Å². The molecule has 0 unspecified atom stereocenters. The number of carbonyl (C=O) groups is 1. The van der Waals surface area contributed by atoms with Crippen LogP contribution in [0.5, 0.6) is 0 Å². The lowest BCUT2D eigenvalue weighted by molar-refractivity contribution is -0.133. The minimum absolute atomic E-state index is 0.219. The lowest BCUT2D eigenvalue weighted by Gasteiger charge is -2.38. The second-order valence-electron chi connectivity index (χ2n) is 7.84. The van der Waals surface area contributed by atoms with Crippen molar-refractivity contribution in [3.63, 3.8) is 0 Å². The molecule has 2 aliphatic rings. The minimum Gasteiger partial charge on any atom is -0.441 e. The molecule has 1 aromatic carbocycles. The smallest absolute Gasteiger partial charge is 0.223 e. The predicted molar refractivity (Wildman–Crippen MR) is 105 cm³/mol. The SMILES string of the molecule is Cc1ccc(-c2cnc(CCC(=O)N3CCN(C4CCCC4)CC3)o2)cc1. The molecule has 0 radical (unpaired) electrons. The quantitative estimate of drug-likeness (QED) is 0.809. The molecular formula is C22H29N3O2. The molecule has 2 aromatic rings. The van der Waals surface area contributed by atoms with Crippen molar-refractivity contribution in [1.82, 2.24) is 14.8 Å². The maximum absolute atomic E-state index is 12.6. The van der Waals surface area contributed by atoms with Gasteiger partial charge in [0.2, 0.25) is 5.91 Å². The third kappa shape index (κ3) is 4.41. The van der Waals surface area contributed by atoms with E-state index in [1.807, 2.05) is 17.0 Å². The molecule has 5 nitrogen and oxygen atoms in total. The molecule has 2 heterocycles. The number of oxazole rings is 1. The zero-order valence-electron chi connectivity index (χ0n) is 16.2. The van der Waals surface area contributed by atoms with Crippen molar-refractivity contribution >= 4 is 5.91 Å². The van der Waals surface area contributed by atoms with Crippen LogP contribution in [0.4, 0.5) is 0 Å². The maximum atomic E-state index is 12.6. The minimum atomic E-state index is 0.219. The average Bonchev–Trinajstić information content (AvgIpc) is 3.39. The molecule has 144 valence electrons. The first kappa shape index (κ1) is 18.2. The second kappa shape index (κ2) is 8.26. The summed E-state index contributed by atoms with van der Waals surface area (Å²) in [5.41, 5.74) is 2.24. The number of benzene rings is 1. The second-order valence-corrected chi connectivity index (χ2v) is 7.84. The number of amides is 1. The van der Waals surface area contributed by atoms with Gasteiger partial charge in [-0.25, -0.2) is 4.98 Å². The Morgan fingerprint density at radius 3 is 2.52 bits per heavy atom. The number of rotatable bonds is 5. The molecule has 1 amide bonds. The summed E-state index contributed by atoms with van der Waals surface area (Å²) in [6.07, 6.45) is 8.19. The third-order valence-corrected chi connectivity index (χ3v) is 5.95. The van der Waals surface area contributed by atoms with Crippen LogP contribution in [0, 0.1) is 6.92 Å². The highest BCUT2D eigenvalue weighted by Gasteiger charge is 2.27. The molecule has 0 atom stereocenters. The van der Waals surface area contributed by atoms with Gasteiger partial charge in [0, 0.05) is 50.6 Å². The fourth-order valence-corrected chi connectivity index (χ4v) is 4.25. The number of nitrogens with zero attached hydrogens (tertiary/aromatic N) is 3. The van der Waals surface area contributed by atoms with Crippen molar-refractivity contribution in [3.8, 4) is 11.3 Å². The molecule has 1 saturated heterocycles. The molecule has 1 saturated carbocycles. The van der Waals surface area contributed by atoms with Gasteiger partial charge in [0.25, 0.3) is 0 Å². The van der Waals surface area contributed by atoms with Crippen LogP contribution >= 0.6 is 0 Å². The van der Waals surface area contributed by atoms with E-state index in [2.05, 4.69) is 28.9 Å². The van der Waals surface area contributed by atoms with Crippen LogP contribution < -0.4 is 0 Å². The van der Waals surface area contributed by atoms with Crippen LogP contribution in [-0.4, -0.2) is 52.9 Å². The van der Waals surface area contributed by atoms with Crippen molar-refractivity contribution < 1.29 is 9.21 Å². The Bertz CT molecular complexity index is 754. The monoisotopic (exact) mass is 367 g/mol. The molecule has 27 heavy (non-hydrogen) atoms. The molecule has 2 fully saturated rings. The molecule has 1 aliphatic heterocycles. The van der Waals surface area contributed by atoms with Crippen LogP contribution in [0.2, 0.25) is 0 Å². The molecule has 0 spiro atoms. The van der Waals surface area contributed by atoms with Crippen LogP contribution in [0.3, 0.4) is 0 Å². The lowest BCUT2D eigenvalue weighted by atomic mass is 10.1. The highest BCUT2D eigenvalue weighted by atomic mass is 16.4. The normalized spacial score (nSPS) is 18.9. The Kier molecular flexibility index (Phi) is 5.58. The lowest BCUT2D eigenvalue weighted by Crippen LogP contribution is -2.51. The van der Waals surface area contributed by atoms with Gasteiger partial charge in [-0.15, -0.1) is 0 Å². The molecule has 0 bridgehead atoms.